The molecule has 9 nitrogen and oxygen atoms in total. The second-order valence-electron chi connectivity index (χ2n) is 9.20. The largest absolute Gasteiger partial charge is 0.496 e. The lowest BCUT2D eigenvalue weighted by Gasteiger charge is -2.25. The van der Waals surface area contributed by atoms with Gasteiger partial charge in [0.1, 0.15) is 17.3 Å². The summed E-state index contributed by atoms with van der Waals surface area (Å²) >= 11 is 4.72. The van der Waals surface area contributed by atoms with E-state index in [9.17, 15) is 14.4 Å². The van der Waals surface area contributed by atoms with Crippen LogP contribution in [0.1, 0.15) is 48.5 Å². The number of furan rings is 1. The van der Waals surface area contributed by atoms with Gasteiger partial charge in [-0.15, -0.1) is 0 Å². The van der Waals surface area contributed by atoms with E-state index in [2.05, 4.69) is 20.9 Å². The van der Waals surface area contributed by atoms with Gasteiger partial charge in [-0.25, -0.2) is 14.6 Å². The number of allylic oxidation sites excluding steroid dienone is 1. The van der Waals surface area contributed by atoms with E-state index < -0.39 is 12.0 Å². The Kier molecular flexibility index (Phi) is 8.60. The molecule has 0 saturated carbocycles. The van der Waals surface area contributed by atoms with Gasteiger partial charge < -0.3 is 18.6 Å². The predicted molar refractivity (Wildman–Crippen MR) is 161 cm³/mol. The van der Waals surface area contributed by atoms with Crippen molar-refractivity contribution in [3.05, 3.63) is 107 Å². The molecule has 216 valence electrons. The van der Waals surface area contributed by atoms with Crippen LogP contribution in [-0.2, 0) is 14.3 Å². The second kappa shape index (κ2) is 12.3. The Morgan fingerprint density at radius 2 is 1.76 bits per heavy atom. The van der Waals surface area contributed by atoms with Gasteiger partial charge in [0.2, 0.25) is 0 Å². The number of aromatic nitrogens is 1. The molecule has 4 aromatic rings. The van der Waals surface area contributed by atoms with Crippen LogP contribution in [0.4, 0.5) is 0 Å². The summed E-state index contributed by atoms with van der Waals surface area (Å²) in [6.45, 7) is 5.71. The Labute approximate surface area is 253 Å². The minimum Gasteiger partial charge on any atom is -0.496 e. The quantitative estimate of drug-likeness (QED) is 0.247. The number of hydrogen-bond donors (Lipinski definition) is 0. The van der Waals surface area contributed by atoms with Gasteiger partial charge in [-0.3, -0.25) is 9.36 Å². The van der Waals surface area contributed by atoms with E-state index in [1.165, 1.54) is 15.9 Å². The molecule has 1 atom stereocenters. The molecule has 0 bridgehead atoms. The summed E-state index contributed by atoms with van der Waals surface area (Å²) in [6, 6.07) is 15.1. The number of thiazole rings is 1. The zero-order valence-corrected chi connectivity index (χ0v) is 25.7. The van der Waals surface area contributed by atoms with Crippen LogP contribution in [-0.4, -0.2) is 36.8 Å². The van der Waals surface area contributed by atoms with Crippen LogP contribution >= 0.6 is 27.3 Å². The van der Waals surface area contributed by atoms with Crippen molar-refractivity contribution in [2.24, 2.45) is 4.99 Å². The molecule has 0 aliphatic carbocycles. The maximum absolute atomic E-state index is 13.9. The van der Waals surface area contributed by atoms with Crippen molar-refractivity contribution in [3.8, 4) is 17.1 Å². The summed E-state index contributed by atoms with van der Waals surface area (Å²) in [6.07, 6.45) is 1.66. The molecule has 11 heteroatoms. The summed E-state index contributed by atoms with van der Waals surface area (Å²) in [5.41, 5.74) is 2.36. The number of fused-ring (bicyclic) bond motifs is 1. The Bertz CT molecular complexity index is 1880. The van der Waals surface area contributed by atoms with Crippen LogP contribution in [0.25, 0.3) is 17.4 Å². The van der Waals surface area contributed by atoms with E-state index in [4.69, 9.17) is 18.6 Å². The first-order chi connectivity index (χ1) is 20.2. The molecule has 2 aromatic heterocycles. The maximum atomic E-state index is 13.9. The van der Waals surface area contributed by atoms with Gasteiger partial charge in [0, 0.05) is 11.6 Å². The molecular formula is C31H27BrN2O7S. The van der Waals surface area contributed by atoms with E-state index in [0.29, 0.717) is 60.1 Å². The van der Waals surface area contributed by atoms with Crippen molar-refractivity contribution >= 4 is 45.3 Å². The van der Waals surface area contributed by atoms with Gasteiger partial charge in [0.15, 0.2) is 4.80 Å². The van der Waals surface area contributed by atoms with E-state index in [1.807, 2.05) is 12.1 Å². The first-order valence-corrected chi connectivity index (χ1v) is 14.8. The van der Waals surface area contributed by atoms with Crippen LogP contribution in [0.2, 0.25) is 0 Å². The third kappa shape index (κ3) is 5.62. The fourth-order valence-corrected chi connectivity index (χ4v) is 6.24. The smallest absolute Gasteiger partial charge is 0.338 e. The van der Waals surface area contributed by atoms with Crippen molar-refractivity contribution < 1.29 is 28.2 Å². The SMILES string of the molecule is CCOC(=O)C1=C(C)N=c2s/c(=C\c3ccc(-c4ccc(C(=O)OCC)cc4)o3)c(=O)n2C1c1ccc(OC)c(Br)c1. The third-order valence-corrected chi connectivity index (χ3v) is 8.19. The molecule has 0 fully saturated rings. The number of hydrogen-bond acceptors (Lipinski definition) is 9. The van der Waals surface area contributed by atoms with Crippen LogP contribution in [0.5, 0.6) is 5.75 Å². The molecule has 5 rings (SSSR count). The van der Waals surface area contributed by atoms with E-state index in [-0.39, 0.29) is 18.1 Å². The van der Waals surface area contributed by atoms with E-state index >= 15 is 0 Å². The second-order valence-corrected chi connectivity index (χ2v) is 11.1. The van der Waals surface area contributed by atoms with Crippen LogP contribution < -0.4 is 19.6 Å². The fraction of sp³-hybridized carbons (Fsp3) is 0.226. The fourth-order valence-electron chi connectivity index (χ4n) is 4.66. The number of benzene rings is 2. The highest BCUT2D eigenvalue weighted by molar-refractivity contribution is 9.10. The number of ether oxygens (including phenoxy) is 3. The molecule has 1 unspecified atom stereocenters. The number of halogens is 1. The van der Waals surface area contributed by atoms with Crippen molar-refractivity contribution in [2.45, 2.75) is 26.8 Å². The van der Waals surface area contributed by atoms with Crippen LogP contribution in [0.15, 0.2) is 84.5 Å². The Hall–Kier alpha value is -4.22. The topological polar surface area (TPSA) is 109 Å². The highest BCUT2D eigenvalue weighted by Crippen LogP contribution is 2.35. The zero-order chi connectivity index (χ0) is 30.0. The van der Waals surface area contributed by atoms with E-state index in [0.717, 1.165) is 5.56 Å². The number of carbonyl (C=O) groups excluding carboxylic acids is 2. The third-order valence-electron chi connectivity index (χ3n) is 6.59. The average Bonchev–Trinajstić information content (AvgIpc) is 3.56. The van der Waals surface area contributed by atoms with E-state index in [1.54, 1.807) is 76.4 Å². The monoisotopic (exact) mass is 650 g/mol. The van der Waals surface area contributed by atoms with Crippen molar-refractivity contribution in [1.82, 2.24) is 4.57 Å². The van der Waals surface area contributed by atoms with Gasteiger partial charge in [-0.1, -0.05) is 29.5 Å². The summed E-state index contributed by atoms with van der Waals surface area (Å²) in [7, 11) is 1.56. The molecule has 0 amide bonds. The van der Waals surface area contributed by atoms with Crippen molar-refractivity contribution in [2.75, 3.05) is 20.3 Å². The van der Waals surface area contributed by atoms with Gasteiger partial charge in [-0.05, 0) is 78.7 Å². The maximum Gasteiger partial charge on any atom is 0.338 e. The summed E-state index contributed by atoms with van der Waals surface area (Å²) in [4.78, 5) is 44.0. The lowest BCUT2D eigenvalue weighted by atomic mass is 9.96. The van der Waals surface area contributed by atoms with Crippen LogP contribution in [0.3, 0.4) is 0 Å². The summed E-state index contributed by atoms with van der Waals surface area (Å²) < 4.78 is 24.4. The van der Waals surface area contributed by atoms with Crippen LogP contribution in [0, 0.1) is 0 Å². The molecule has 0 N–H and O–H groups in total. The average molecular weight is 652 g/mol. The number of rotatable bonds is 8. The molecule has 1 aliphatic rings. The summed E-state index contributed by atoms with van der Waals surface area (Å²) in [5.74, 6) is 0.741. The first kappa shape index (κ1) is 29.3. The van der Waals surface area contributed by atoms with Crippen molar-refractivity contribution in [3.63, 3.8) is 0 Å². The standard InChI is InChI=1S/C31H27BrN2O7S/c1-5-39-29(36)19-9-7-18(8-10-19)23-14-12-21(41-23)16-25-28(35)34-27(20-11-13-24(38-4)22(32)15-20)26(30(37)40-6-2)17(3)33-31(34)42-25/h7-16,27H,5-6H2,1-4H3/b25-16-. The molecule has 1 aliphatic heterocycles. The lowest BCUT2D eigenvalue weighted by molar-refractivity contribution is -0.139. The molecule has 3 heterocycles. The molecular weight excluding hydrogens is 624 g/mol. The number of nitrogens with zero attached hydrogens (tertiary/aromatic N) is 2. The lowest BCUT2D eigenvalue weighted by Crippen LogP contribution is -2.39. The molecule has 0 radical (unpaired) electrons. The molecule has 42 heavy (non-hydrogen) atoms. The Morgan fingerprint density at radius 3 is 2.43 bits per heavy atom. The van der Waals surface area contributed by atoms with Crippen molar-refractivity contribution in [1.29, 1.82) is 0 Å². The normalized spacial score (nSPS) is 14.8. The zero-order valence-electron chi connectivity index (χ0n) is 23.3. The number of methoxy groups -OCH3 is 1. The van der Waals surface area contributed by atoms with Gasteiger partial charge in [0.25, 0.3) is 5.56 Å². The number of carbonyl (C=O) groups is 2. The van der Waals surface area contributed by atoms with Gasteiger partial charge in [0.05, 0.1) is 52.2 Å². The minimum atomic E-state index is -0.755. The Morgan fingerprint density at radius 1 is 1.05 bits per heavy atom. The van der Waals surface area contributed by atoms with Gasteiger partial charge in [-0.2, -0.15) is 0 Å². The first-order valence-electron chi connectivity index (χ1n) is 13.2. The highest BCUT2D eigenvalue weighted by atomic mass is 79.9. The predicted octanol–water partition coefficient (Wildman–Crippen LogP) is 5.01. The minimum absolute atomic E-state index is 0.186. The van der Waals surface area contributed by atoms with Gasteiger partial charge >= 0.3 is 11.9 Å². The molecule has 0 saturated heterocycles. The number of esters is 2. The highest BCUT2D eigenvalue weighted by Gasteiger charge is 2.33. The molecule has 2 aromatic carbocycles. The Balaban J connectivity index is 1.56. The summed E-state index contributed by atoms with van der Waals surface area (Å²) in [5, 5.41) is 0. The molecule has 0 spiro atoms.